The Morgan fingerprint density at radius 1 is 0.667 bits per heavy atom. The van der Waals surface area contributed by atoms with E-state index in [4.69, 9.17) is 4.98 Å². The first-order valence-corrected chi connectivity index (χ1v) is 10.3. The molecule has 2 heteroatoms. The van der Waals surface area contributed by atoms with Gasteiger partial charge in [-0.3, -0.25) is 4.98 Å². The van der Waals surface area contributed by atoms with Crippen molar-refractivity contribution in [3.63, 3.8) is 0 Å². The van der Waals surface area contributed by atoms with Gasteiger partial charge in [-0.15, -0.1) is 0 Å². The maximum Gasteiger partial charge on any atom is 0.128 e. The number of hydrogen-bond donors (Lipinski definition) is 1. The second-order valence-corrected chi connectivity index (χ2v) is 8.65. The third-order valence-electron chi connectivity index (χ3n) is 5.45. The largest absolute Gasteiger partial charge is 0.507 e. The van der Waals surface area contributed by atoms with Crippen molar-refractivity contribution in [1.82, 2.24) is 4.98 Å². The van der Waals surface area contributed by atoms with Crippen molar-refractivity contribution in [3.8, 4) is 17.0 Å². The Balaban J connectivity index is 1.85. The van der Waals surface area contributed by atoms with E-state index in [-0.39, 0.29) is 11.3 Å². The number of rotatable bonds is 4. The summed E-state index contributed by atoms with van der Waals surface area (Å²) in [7, 11) is 0. The van der Waals surface area contributed by atoms with Crippen LogP contribution >= 0.6 is 0 Å². The van der Waals surface area contributed by atoms with E-state index in [1.54, 1.807) is 0 Å². The van der Waals surface area contributed by atoms with E-state index in [1.165, 1.54) is 11.1 Å². The standard InChI is InChI=1S/C28H27NO/c1-28(2,3)23-17-10-16-22(27(23)30)24-18-11-19-25(29-24)26(20-12-6-4-7-13-20)21-14-8-5-9-15-21/h4-19,26,30H,1-3H3. The van der Waals surface area contributed by atoms with E-state index in [9.17, 15) is 5.11 Å². The van der Waals surface area contributed by atoms with Gasteiger partial charge >= 0.3 is 0 Å². The number of nitrogens with zero attached hydrogens (tertiary/aromatic N) is 1. The fourth-order valence-corrected chi connectivity index (χ4v) is 3.94. The van der Waals surface area contributed by atoms with E-state index in [0.717, 1.165) is 22.5 Å². The van der Waals surface area contributed by atoms with Crippen LogP contribution in [0.2, 0.25) is 0 Å². The van der Waals surface area contributed by atoms with E-state index < -0.39 is 0 Å². The first-order valence-electron chi connectivity index (χ1n) is 10.3. The Labute approximate surface area is 178 Å². The first kappa shape index (κ1) is 19.9. The fourth-order valence-electron chi connectivity index (χ4n) is 3.94. The number of aromatic hydroxyl groups is 1. The monoisotopic (exact) mass is 393 g/mol. The van der Waals surface area contributed by atoms with Crippen LogP contribution in [0.25, 0.3) is 11.3 Å². The number of hydrogen-bond acceptors (Lipinski definition) is 2. The maximum atomic E-state index is 11.0. The van der Waals surface area contributed by atoms with Crippen LogP contribution in [-0.4, -0.2) is 10.1 Å². The molecule has 1 heterocycles. The summed E-state index contributed by atoms with van der Waals surface area (Å²) in [4.78, 5) is 5.02. The van der Waals surface area contributed by atoms with Gasteiger partial charge in [-0.1, -0.05) is 99.6 Å². The van der Waals surface area contributed by atoms with E-state index in [1.807, 2.05) is 42.5 Å². The molecule has 0 atom stereocenters. The minimum atomic E-state index is -0.145. The summed E-state index contributed by atoms with van der Waals surface area (Å²) in [6.45, 7) is 6.32. The molecule has 0 amide bonds. The Kier molecular flexibility index (Phi) is 5.41. The molecule has 2 nitrogen and oxygen atoms in total. The molecule has 0 aliphatic heterocycles. The average molecular weight is 394 g/mol. The summed E-state index contributed by atoms with van der Waals surface area (Å²) in [5.74, 6) is 0.339. The molecule has 30 heavy (non-hydrogen) atoms. The zero-order valence-electron chi connectivity index (χ0n) is 17.7. The number of pyridine rings is 1. The highest BCUT2D eigenvalue weighted by atomic mass is 16.3. The summed E-state index contributed by atoms with van der Waals surface area (Å²) in [6, 6.07) is 32.9. The van der Waals surface area contributed by atoms with E-state index in [0.29, 0.717) is 5.75 Å². The van der Waals surface area contributed by atoms with Crippen LogP contribution in [0.15, 0.2) is 97.1 Å². The minimum Gasteiger partial charge on any atom is -0.507 e. The summed E-state index contributed by atoms with van der Waals surface area (Å²) < 4.78 is 0. The predicted octanol–water partition coefficient (Wildman–Crippen LogP) is 6.93. The van der Waals surface area contributed by atoms with Crippen LogP contribution in [0, 0.1) is 0 Å². The predicted molar refractivity (Wildman–Crippen MR) is 124 cm³/mol. The highest BCUT2D eigenvalue weighted by Crippen LogP contribution is 2.38. The lowest BCUT2D eigenvalue weighted by Gasteiger charge is -2.22. The second-order valence-electron chi connectivity index (χ2n) is 8.65. The van der Waals surface area contributed by atoms with Crippen LogP contribution in [0.4, 0.5) is 0 Å². The summed E-state index contributed by atoms with van der Waals surface area (Å²) in [5, 5.41) is 11.0. The van der Waals surface area contributed by atoms with Crippen LogP contribution in [0.5, 0.6) is 5.75 Å². The molecule has 0 unspecified atom stereocenters. The number of benzene rings is 3. The van der Waals surface area contributed by atoms with Crippen molar-refractivity contribution in [2.75, 3.05) is 0 Å². The molecule has 150 valence electrons. The molecule has 1 aromatic heterocycles. The van der Waals surface area contributed by atoms with Crippen LogP contribution in [0.1, 0.15) is 49.1 Å². The van der Waals surface area contributed by atoms with Gasteiger partial charge in [0.05, 0.1) is 17.3 Å². The summed E-state index contributed by atoms with van der Waals surface area (Å²) in [5.41, 5.74) is 5.69. The number of phenolic OH excluding ortho intramolecular Hbond substituents is 1. The molecule has 4 rings (SSSR count). The summed E-state index contributed by atoms with van der Waals surface area (Å²) >= 11 is 0. The second kappa shape index (κ2) is 8.16. The van der Waals surface area contributed by atoms with Crippen LogP contribution in [0.3, 0.4) is 0 Å². The molecule has 4 aromatic rings. The zero-order chi connectivity index (χ0) is 21.1. The van der Waals surface area contributed by atoms with Gasteiger partial charge in [-0.2, -0.15) is 0 Å². The quantitative estimate of drug-likeness (QED) is 0.408. The minimum absolute atomic E-state index is 0.0280. The third-order valence-corrected chi connectivity index (χ3v) is 5.45. The van der Waals surface area contributed by atoms with Gasteiger partial charge in [0.2, 0.25) is 0 Å². The van der Waals surface area contributed by atoms with Gasteiger partial charge < -0.3 is 5.11 Å². The average Bonchev–Trinajstić information content (AvgIpc) is 2.75. The highest BCUT2D eigenvalue weighted by molar-refractivity contribution is 5.69. The van der Waals surface area contributed by atoms with Crippen LogP contribution in [-0.2, 0) is 5.41 Å². The molecule has 0 radical (unpaired) electrons. The molecule has 0 spiro atoms. The van der Waals surface area contributed by atoms with Crippen molar-refractivity contribution in [3.05, 3.63) is 119 Å². The smallest absolute Gasteiger partial charge is 0.128 e. The molecule has 1 N–H and O–H groups in total. The molecule has 0 saturated carbocycles. The van der Waals surface area contributed by atoms with Gasteiger partial charge in [0.25, 0.3) is 0 Å². The van der Waals surface area contributed by atoms with Crippen molar-refractivity contribution in [2.45, 2.75) is 32.1 Å². The summed E-state index contributed by atoms with van der Waals surface area (Å²) in [6.07, 6.45) is 0. The van der Waals surface area contributed by atoms with E-state index in [2.05, 4.69) is 75.4 Å². The Morgan fingerprint density at radius 3 is 1.80 bits per heavy atom. The number of para-hydroxylation sites is 1. The van der Waals surface area contributed by atoms with Gasteiger partial charge in [-0.25, -0.2) is 0 Å². The first-order chi connectivity index (χ1) is 14.4. The number of aromatic nitrogens is 1. The number of phenols is 1. The van der Waals surface area contributed by atoms with Gasteiger partial charge in [0.1, 0.15) is 5.75 Å². The normalized spacial score (nSPS) is 11.6. The maximum absolute atomic E-state index is 11.0. The Morgan fingerprint density at radius 2 is 1.23 bits per heavy atom. The molecular formula is C28H27NO. The SMILES string of the molecule is CC(C)(C)c1cccc(-c2cccc(C(c3ccccc3)c3ccccc3)n2)c1O. The third kappa shape index (κ3) is 3.99. The topological polar surface area (TPSA) is 33.1 Å². The van der Waals surface area contributed by atoms with Crippen molar-refractivity contribution < 1.29 is 5.11 Å². The van der Waals surface area contributed by atoms with Gasteiger partial charge in [-0.05, 0) is 40.3 Å². The molecule has 0 aliphatic carbocycles. The van der Waals surface area contributed by atoms with Gasteiger partial charge in [0.15, 0.2) is 0 Å². The lowest BCUT2D eigenvalue weighted by Crippen LogP contribution is -2.11. The molecule has 0 saturated heterocycles. The van der Waals surface area contributed by atoms with Crippen molar-refractivity contribution >= 4 is 0 Å². The van der Waals surface area contributed by atoms with Gasteiger partial charge in [0, 0.05) is 5.56 Å². The van der Waals surface area contributed by atoms with Crippen LogP contribution < -0.4 is 0 Å². The van der Waals surface area contributed by atoms with Crippen molar-refractivity contribution in [2.24, 2.45) is 0 Å². The van der Waals surface area contributed by atoms with E-state index >= 15 is 0 Å². The van der Waals surface area contributed by atoms with Crippen molar-refractivity contribution in [1.29, 1.82) is 0 Å². The molecule has 0 aliphatic rings. The fraction of sp³-hybridized carbons (Fsp3) is 0.179. The zero-order valence-corrected chi connectivity index (χ0v) is 17.7. The molecule has 0 fully saturated rings. The Hall–Kier alpha value is -3.39. The lowest BCUT2D eigenvalue weighted by atomic mass is 9.84. The molecule has 3 aromatic carbocycles. The Bertz CT molecular complexity index is 1090. The lowest BCUT2D eigenvalue weighted by molar-refractivity contribution is 0.448. The molecular weight excluding hydrogens is 366 g/mol. The highest BCUT2D eigenvalue weighted by Gasteiger charge is 2.22. The molecule has 0 bridgehead atoms.